The molecule has 0 bridgehead atoms. The molecule has 150 valence electrons. The Labute approximate surface area is 166 Å². The number of nitrogens with one attached hydrogen (secondary N) is 3. The molecule has 1 atom stereocenters. The summed E-state index contributed by atoms with van der Waals surface area (Å²) in [6.45, 7) is 8.13. The molecule has 0 saturated heterocycles. The largest absolute Gasteiger partial charge is 0.398 e. The number of nitrogens with two attached hydrogens (primary N) is 1. The molecule has 5 N–H and O–H groups in total. The summed E-state index contributed by atoms with van der Waals surface area (Å²) in [6, 6.07) is 11.2. The van der Waals surface area contributed by atoms with Gasteiger partial charge in [0.15, 0.2) is 0 Å². The van der Waals surface area contributed by atoms with Gasteiger partial charge in [0.2, 0.25) is 10.0 Å². The molecule has 0 radical (unpaired) electrons. The number of aromatic nitrogens is 1. The molecule has 0 fully saturated rings. The van der Waals surface area contributed by atoms with Gasteiger partial charge >= 0.3 is 0 Å². The minimum atomic E-state index is -3.74. The average molecular weight is 401 g/mol. The second kappa shape index (κ2) is 7.85. The van der Waals surface area contributed by atoms with Crippen molar-refractivity contribution in [2.75, 3.05) is 17.6 Å². The quantitative estimate of drug-likeness (QED) is 0.453. The van der Waals surface area contributed by atoms with Crippen molar-refractivity contribution < 1.29 is 8.42 Å². The Kier molecular flexibility index (Phi) is 5.67. The van der Waals surface area contributed by atoms with Crippen LogP contribution in [-0.4, -0.2) is 26.0 Å². The number of H-pyrrole nitrogens is 1. The zero-order valence-corrected chi connectivity index (χ0v) is 17.5. The SMILES string of the molecule is Cc1cc(C)c(S(=O)(=O)N[C@H](CNc2cccc3[nH]ccc23)C(C)C)c(N)c1. The zero-order chi connectivity index (χ0) is 20.5. The highest BCUT2D eigenvalue weighted by Crippen LogP contribution is 2.26. The van der Waals surface area contributed by atoms with E-state index in [2.05, 4.69) is 15.0 Å². The van der Waals surface area contributed by atoms with E-state index in [1.807, 2.05) is 57.3 Å². The predicted molar refractivity (Wildman–Crippen MR) is 116 cm³/mol. The van der Waals surface area contributed by atoms with Crippen molar-refractivity contribution in [2.24, 2.45) is 5.92 Å². The Balaban J connectivity index is 1.82. The van der Waals surface area contributed by atoms with Crippen LogP contribution in [0.1, 0.15) is 25.0 Å². The number of nitrogen functional groups attached to an aromatic ring is 1. The van der Waals surface area contributed by atoms with Crippen molar-refractivity contribution in [1.29, 1.82) is 0 Å². The van der Waals surface area contributed by atoms with Crippen LogP contribution in [0.5, 0.6) is 0 Å². The van der Waals surface area contributed by atoms with Crippen LogP contribution in [0.4, 0.5) is 11.4 Å². The van der Waals surface area contributed by atoms with Crippen LogP contribution < -0.4 is 15.8 Å². The molecule has 7 heteroatoms. The summed E-state index contributed by atoms with van der Waals surface area (Å²) in [4.78, 5) is 3.35. The number of benzene rings is 2. The van der Waals surface area contributed by atoms with Crippen molar-refractivity contribution in [2.45, 2.75) is 38.6 Å². The maximum atomic E-state index is 13.1. The summed E-state index contributed by atoms with van der Waals surface area (Å²) in [5.41, 5.74) is 9.91. The van der Waals surface area contributed by atoms with E-state index in [0.717, 1.165) is 22.2 Å². The number of sulfonamides is 1. The van der Waals surface area contributed by atoms with Crippen molar-refractivity contribution in [3.8, 4) is 0 Å². The Hall–Kier alpha value is -2.51. The van der Waals surface area contributed by atoms with Crippen molar-refractivity contribution in [1.82, 2.24) is 9.71 Å². The van der Waals surface area contributed by atoms with Gasteiger partial charge in [-0.1, -0.05) is 26.0 Å². The topological polar surface area (TPSA) is 100 Å². The third-order valence-electron chi connectivity index (χ3n) is 4.94. The molecule has 28 heavy (non-hydrogen) atoms. The van der Waals surface area contributed by atoms with Crippen LogP contribution >= 0.6 is 0 Å². The Morgan fingerprint density at radius 2 is 1.89 bits per heavy atom. The molecule has 6 nitrogen and oxygen atoms in total. The third-order valence-corrected chi connectivity index (χ3v) is 6.64. The average Bonchev–Trinajstić information content (AvgIpc) is 3.06. The van der Waals surface area contributed by atoms with Crippen molar-refractivity contribution in [3.63, 3.8) is 0 Å². The lowest BCUT2D eigenvalue weighted by atomic mass is 10.1. The van der Waals surface area contributed by atoms with Gasteiger partial charge in [0.25, 0.3) is 0 Å². The molecule has 0 unspecified atom stereocenters. The summed E-state index contributed by atoms with van der Waals surface area (Å²) in [5.74, 6) is 0.0969. The van der Waals surface area contributed by atoms with Gasteiger partial charge in [-0.25, -0.2) is 13.1 Å². The Morgan fingerprint density at radius 3 is 2.57 bits per heavy atom. The molecule has 0 saturated carbocycles. The van der Waals surface area contributed by atoms with Crippen LogP contribution in [0.3, 0.4) is 0 Å². The molecule has 1 heterocycles. The molecule has 2 aromatic carbocycles. The standard InChI is InChI=1S/C21H28N4O2S/c1-13(2)20(12-24-19-7-5-6-18-16(19)8-9-23-18)25-28(26,27)21-15(4)10-14(3)11-17(21)22/h5-11,13,20,23-25H,12,22H2,1-4H3/t20-/m1/s1. The van der Waals surface area contributed by atoms with Gasteiger partial charge in [-0.15, -0.1) is 0 Å². The highest BCUT2D eigenvalue weighted by atomic mass is 32.2. The van der Waals surface area contributed by atoms with Gasteiger partial charge in [0, 0.05) is 35.4 Å². The van der Waals surface area contributed by atoms with Gasteiger partial charge in [0.05, 0.1) is 5.69 Å². The third kappa shape index (κ3) is 4.15. The number of aryl methyl sites for hydroxylation is 2. The maximum absolute atomic E-state index is 13.1. The smallest absolute Gasteiger partial charge is 0.243 e. The molecule has 0 aliphatic carbocycles. The fourth-order valence-corrected chi connectivity index (χ4v) is 5.21. The molecule has 0 aliphatic rings. The van der Waals surface area contributed by atoms with Crippen LogP contribution in [0.15, 0.2) is 47.5 Å². The fraction of sp³-hybridized carbons (Fsp3) is 0.333. The first kappa shape index (κ1) is 20.2. The van der Waals surface area contributed by atoms with Crippen LogP contribution in [0.2, 0.25) is 0 Å². The van der Waals surface area contributed by atoms with Gasteiger partial charge in [0.1, 0.15) is 4.90 Å². The summed E-state index contributed by atoms with van der Waals surface area (Å²) in [5, 5.41) is 4.46. The minimum absolute atomic E-state index is 0.0969. The highest BCUT2D eigenvalue weighted by molar-refractivity contribution is 7.89. The van der Waals surface area contributed by atoms with Crippen LogP contribution in [0.25, 0.3) is 10.9 Å². The first-order valence-electron chi connectivity index (χ1n) is 9.38. The molecule has 3 aromatic rings. The normalized spacial score (nSPS) is 13.2. The summed E-state index contributed by atoms with van der Waals surface area (Å²) < 4.78 is 29.0. The number of hydrogen-bond acceptors (Lipinski definition) is 4. The van der Waals surface area contributed by atoms with E-state index in [-0.39, 0.29) is 22.5 Å². The lowest BCUT2D eigenvalue weighted by Gasteiger charge is -2.24. The summed E-state index contributed by atoms with van der Waals surface area (Å²) in [7, 11) is -3.74. The van der Waals surface area contributed by atoms with Gasteiger partial charge in [-0.3, -0.25) is 0 Å². The highest BCUT2D eigenvalue weighted by Gasteiger charge is 2.26. The van der Waals surface area contributed by atoms with E-state index < -0.39 is 10.0 Å². The lowest BCUT2D eigenvalue weighted by Crippen LogP contribution is -2.43. The number of rotatable bonds is 7. The molecule has 1 aromatic heterocycles. The van der Waals surface area contributed by atoms with E-state index in [0.29, 0.717) is 12.1 Å². The molecular formula is C21H28N4O2S. The monoisotopic (exact) mass is 400 g/mol. The van der Waals surface area contributed by atoms with Crippen molar-refractivity contribution >= 4 is 32.3 Å². The lowest BCUT2D eigenvalue weighted by molar-refractivity contribution is 0.463. The number of aromatic amines is 1. The molecular weight excluding hydrogens is 372 g/mol. The van der Waals surface area contributed by atoms with Crippen LogP contribution in [-0.2, 0) is 10.0 Å². The van der Waals surface area contributed by atoms with Crippen molar-refractivity contribution in [3.05, 3.63) is 53.7 Å². The first-order valence-corrected chi connectivity index (χ1v) is 10.9. The second-order valence-corrected chi connectivity index (χ2v) is 9.25. The predicted octanol–water partition coefficient (Wildman–Crippen LogP) is 3.78. The van der Waals surface area contributed by atoms with Gasteiger partial charge < -0.3 is 16.0 Å². The first-order chi connectivity index (χ1) is 13.2. The maximum Gasteiger partial charge on any atom is 0.243 e. The minimum Gasteiger partial charge on any atom is -0.398 e. The molecule has 0 aliphatic heterocycles. The molecule has 3 rings (SSSR count). The summed E-state index contributed by atoms with van der Waals surface area (Å²) in [6.07, 6.45) is 1.89. The van der Waals surface area contributed by atoms with Gasteiger partial charge in [-0.2, -0.15) is 0 Å². The van der Waals surface area contributed by atoms with Gasteiger partial charge in [-0.05, 0) is 55.2 Å². The zero-order valence-electron chi connectivity index (χ0n) is 16.7. The molecule has 0 amide bonds. The second-order valence-electron chi connectivity index (χ2n) is 7.60. The van der Waals surface area contributed by atoms with E-state index in [1.165, 1.54) is 0 Å². The summed E-state index contributed by atoms with van der Waals surface area (Å²) >= 11 is 0. The number of fused-ring (bicyclic) bond motifs is 1. The van der Waals surface area contributed by atoms with Crippen LogP contribution in [0, 0.1) is 19.8 Å². The molecule has 0 spiro atoms. The van der Waals surface area contributed by atoms with E-state index in [1.54, 1.807) is 13.0 Å². The Morgan fingerprint density at radius 1 is 1.14 bits per heavy atom. The van der Waals surface area contributed by atoms with E-state index >= 15 is 0 Å². The number of anilines is 2. The fourth-order valence-electron chi connectivity index (χ4n) is 3.49. The van der Waals surface area contributed by atoms with E-state index in [9.17, 15) is 8.42 Å². The van der Waals surface area contributed by atoms with E-state index in [4.69, 9.17) is 5.73 Å². The number of hydrogen-bond donors (Lipinski definition) is 4. The Bertz CT molecular complexity index is 1060.